The number of benzene rings is 2. The van der Waals surface area contributed by atoms with Crippen molar-refractivity contribution in [1.82, 2.24) is 0 Å². The summed E-state index contributed by atoms with van der Waals surface area (Å²) in [6.07, 6.45) is 1.07. The van der Waals surface area contributed by atoms with Gasteiger partial charge in [-0.2, -0.15) is 0 Å². The van der Waals surface area contributed by atoms with Crippen molar-refractivity contribution in [2.45, 2.75) is 18.9 Å². The number of hydrogen-bond acceptors (Lipinski definition) is 2. The number of Topliss-reactive ketones (excluding diaryl/α,β-unsaturated/α-hetero) is 1. The van der Waals surface area contributed by atoms with Gasteiger partial charge in [-0.1, -0.05) is 30.3 Å². The van der Waals surface area contributed by atoms with Gasteiger partial charge in [-0.05, 0) is 29.8 Å². The van der Waals surface area contributed by atoms with Crippen LogP contribution in [0.3, 0.4) is 0 Å². The Morgan fingerprint density at radius 2 is 1.70 bits per heavy atom. The summed E-state index contributed by atoms with van der Waals surface area (Å²) in [4.78, 5) is 14.0. The molecule has 0 N–H and O–H groups in total. The van der Waals surface area contributed by atoms with Crippen molar-refractivity contribution < 1.29 is 9.18 Å². The third kappa shape index (κ3) is 2.57. The van der Waals surface area contributed by atoms with Gasteiger partial charge in [0.15, 0.2) is 0 Å². The SMILES string of the molecule is O=C1CCN(c2ccc(F)cc2)C(c2ccccc2)C1. The van der Waals surface area contributed by atoms with Gasteiger partial charge in [-0.3, -0.25) is 4.79 Å². The Balaban J connectivity index is 1.94. The first kappa shape index (κ1) is 12.9. The summed E-state index contributed by atoms with van der Waals surface area (Å²) >= 11 is 0. The van der Waals surface area contributed by atoms with Crippen molar-refractivity contribution in [2.24, 2.45) is 0 Å². The highest BCUT2D eigenvalue weighted by atomic mass is 19.1. The van der Waals surface area contributed by atoms with Gasteiger partial charge in [0.1, 0.15) is 11.6 Å². The molecule has 1 atom stereocenters. The van der Waals surface area contributed by atoms with Crippen LogP contribution in [0.1, 0.15) is 24.4 Å². The second-order valence-corrected chi connectivity index (χ2v) is 5.09. The molecule has 0 aromatic heterocycles. The normalized spacial score (nSPS) is 19.1. The van der Waals surface area contributed by atoms with Crippen molar-refractivity contribution in [2.75, 3.05) is 11.4 Å². The Bertz CT molecular complexity index is 594. The minimum Gasteiger partial charge on any atom is -0.364 e. The lowest BCUT2D eigenvalue weighted by atomic mass is 9.94. The molecule has 1 fully saturated rings. The van der Waals surface area contributed by atoms with Crippen LogP contribution < -0.4 is 4.90 Å². The Hall–Kier alpha value is -2.16. The zero-order chi connectivity index (χ0) is 13.9. The fourth-order valence-corrected chi connectivity index (χ4v) is 2.74. The molecule has 1 aliphatic rings. The predicted molar refractivity (Wildman–Crippen MR) is 77.2 cm³/mol. The van der Waals surface area contributed by atoms with E-state index in [0.29, 0.717) is 19.4 Å². The molecule has 3 rings (SSSR count). The van der Waals surface area contributed by atoms with Gasteiger partial charge < -0.3 is 4.90 Å². The Kier molecular flexibility index (Phi) is 3.50. The first-order chi connectivity index (χ1) is 9.74. The average Bonchev–Trinajstić information content (AvgIpc) is 2.49. The molecule has 0 aliphatic carbocycles. The third-order valence-corrected chi connectivity index (χ3v) is 3.77. The van der Waals surface area contributed by atoms with Crippen LogP contribution in [0.15, 0.2) is 54.6 Å². The van der Waals surface area contributed by atoms with Gasteiger partial charge >= 0.3 is 0 Å². The molecule has 1 heterocycles. The molecule has 0 spiro atoms. The lowest BCUT2D eigenvalue weighted by Gasteiger charge is -2.37. The lowest BCUT2D eigenvalue weighted by molar-refractivity contribution is -0.120. The number of nitrogens with zero attached hydrogens (tertiary/aromatic N) is 1. The van der Waals surface area contributed by atoms with Crippen LogP contribution >= 0.6 is 0 Å². The minimum atomic E-state index is -0.238. The summed E-state index contributed by atoms with van der Waals surface area (Å²) in [5, 5.41) is 0. The van der Waals surface area contributed by atoms with Crippen LogP contribution in [-0.4, -0.2) is 12.3 Å². The van der Waals surface area contributed by atoms with Crippen LogP contribution in [0.25, 0.3) is 0 Å². The first-order valence-corrected chi connectivity index (χ1v) is 6.83. The Morgan fingerprint density at radius 3 is 2.40 bits per heavy atom. The van der Waals surface area contributed by atoms with Crippen LogP contribution in [-0.2, 0) is 4.79 Å². The van der Waals surface area contributed by atoms with E-state index in [9.17, 15) is 9.18 Å². The second kappa shape index (κ2) is 5.45. The zero-order valence-corrected chi connectivity index (χ0v) is 11.1. The molecule has 2 nitrogen and oxygen atoms in total. The van der Waals surface area contributed by atoms with Gasteiger partial charge in [0.05, 0.1) is 6.04 Å². The maximum Gasteiger partial charge on any atom is 0.137 e. The van der Waals surface area contributed by atoms with Crippen molar-refractivity contribution in [1.29, 1.82) is 0 Å². The van der Waals surface area contributed by atoms with E-state index in [1.54, 1.807) is 12.1 Å². The fraction of sp³-hybridized carbons (Fsp3) is 0.235. The Labute approximate surface area is 117 Å². The molecule has 0 radical (unpaired) electrons. The fourth-order valence-electron chi connectivity index (χ4n) is 2.74. The molecule has 0 bridgehead atoms. The van der Waals surface area contributed by atoms with E-state index in [2.05, 4.69) is 4.90 Å². The number of ketones is 1. The summed E-state index contributed by atoms with van der Waals surface area (Å²) in [5.74, 6) is 0.0512. The summed E-state index contributed by atoms with van der Waals surface area (Å²) in [5.41, 5.74) is 2.10. The van der Waals surface area contributed by atoms with E-state index >= 15 is 0 Å². The summed E-state index contributed by atoms with van der Waals surface area (Å²) in [6.45, 7) is 0.685. The summed E-state index contributed by atoms with van der Waals surface area (Å²) in [6, 6.07) is 16.6. The lowest BCUT2D eigenvalue weighted by Crippen LogP contribution is -2.37. The molecule has 2 aromatic rings. The van der Waals surface area contributed by atoms with Gasteiger partial charge in [-0.15, -0.1) is 0 Å². The first-order valence-electron chi connectivity index (χ1n) is 6.83. The number of rotatable bonds is 2. The summed E-state index contributed by atoms with van der Waals surface area (Å²) in [7, 11) is 0. The largest absolute Gasteiger partial charge is 0.364 e. The van der Waals surface area contributed by atoms with E-state index in [1.165, 1.54) is 12.1 Å². The smallest absolute Gasteiger partial charge is 0.137 e. The highest BCUT2D eigenvalue weighted by molar-refractivity contribution is 5.82. The molecule has 3 heteroatoms. The molecular weight excluding hydrogens is 253 g/mol. The van der Waals surface area contributed by atoms with Crippen molar-refractivity contribution >= 4 is 11.5 Å². The van der Waals surface area contributed by atoms with Crippen molar-refractivity contribution in [3.8, 4) is 0 Å². The Morgan fingerprint density at radius 1 is 1.00 bits per heavy atom. The van der Waals surface area contributed by atoms with Gasteiger partial charge in [-0.25, -0.2) is 4.39 Å². The van der Waals surface area contributed by atoms with Gasteiger partial charge in [0.2, 0.25) is 0 Å². The molecule has 0 saturated carbocycles. The topological polar surface area (TPSA) is 20.3 Å². The third-order valence-electron chi connectivity index (χ3n) is 3.77. The number of anilines is 1. The van der Waals surface area contributed by atoms with Gasteiger partial charge in [0.25, 0.3) is 0 Å². The van der Waals surface area contributed by atoms with E-state index in [-0.39, 0.29) is 17.6 Å². The van der Waals surface area contributed by atoms with Crippen LogP contribution in [0.4, 0.5) is 10.1 Å². The average molecular weight is 269 g/mol. The monoisotopic (exact) mass is 269 g/mol. The molecule has 0 amide bonds. The maximum atomic E-state index is 13.1. The zero-order valence-electron chi connectivity index (χ0n) is 11.1. The van der Waals surface area contributed by atoms with Crippen molar-refractivity contribution in [3.05, 3.63) is 66.0 Å². The summed E-state index contributed by atoms with van der Waals surface area (Å²) < 4.78 is 13.1. The molecule has 1 aliphatic heterocycles. The number of carbonyl (C=O) groups excluding carboxylic acids is 1. The molecule has 20 heavy (non-hydrogen) atoms. The minimum absolute atomic E-state index is 0.0444. The highest BCUT2D eigenvalue weighted by Gasteiger charge is 2.28. The quantitative estimate of drug-likeness (QED) is 0.827. The molecule has 2 aromatic carbocycles. The van der Waals surface area contributed by atoms with Gasteiger partial charge in [0, 0.05) is 25.1 Å². The van der Waals surface area contributed by atoms with Crippen LogP contribution in [0, 0.1) is 5.82 Å². The molecule has 102 valence electrons. The van der Waals surface area contributed by atoms with Crippen LogP contribution in [0.5, 0.6) is 0 Å². The molecular formula is C17H16FNO. The predicted octanol–water partition coefficient (Wildman–Crippen LogP) is 3.74. The van der Waals surface area contributed by atoms with E-state index < -0.39 is 0 Å². The molecule has 1 saturated heterocycles. The van der Waals surface area contributed by atoms with E-state index in [4.69, 9.17) is 0 Å². The number of halogens is 1. The van der Waals surface area contributed by atoms with E-state index in [0.717, 1.165) is 11.3 Å². The van der Waals surface area contributed by atoms with E-state index in [1.807, 2.05) is 30.3 Å². The second-order valence-electron chi connectivity index (χ2n) is 5.09. The number of hydrogen-bond donors (Lipinski definition) is 0. The van der Waals surface area contributed by atoms with Crippen LogP contribution in [0.2, 0.25) is 0 Å². The number of piperidine rings is 1. The molecule has 1 unspecified atom stereocenters. The highest BCUT2D eigenvalue weighted by Crippen LogP contribution is 2.33. The number of carbonyl (C=O) groups is 1. The van der Waals surface area contributed by atoms with Crippen molar-refractivity contribution in [3.63, 3.8) is 0 Å². The maximum absolute atomic E-state index is 13.1. The standard InChI is InChI=1S/C17H16FNO/c18-14-6-8-15(9-7-14)19-11-10-16(20)12-17(19)13-4-2-1-3-5-13/h1-9,17H,10-12H2.